The van der Waals surface area contributed by atoms with Crippen LogP contribution in [0.1, 0.15) is 18.9 Å². The maximum Gasteiger partial charge on any atom is 0.271 e. The molecule has 0 aliphatic heterocycles. The van der Waals surface area contributed by atoms with E-state index in [4.69, 9.17) is 27.9 Å². The van der Waals surface area contributed by atoms with Crippen LogP contribution in [0.5, 0.6) is 5.75 Å². The smallest absolute Gasteiger partial charge is 0.271 e. The summed E-state index contributed by atoms with van der Waals surface area (Å²) >= 11 is 13.2. The third kappa shape index (κ3) is 6.47. The molecule has 0 aliphatic rings. The minimum atomic E-state index is -0.563. The Labute approximate surface area is 203 Å². The molecule has 0 aliphatic carbocycles. The van der Waals surface area contributed by atoms with Gasteiger partial charge in [-0.2, -0.15) is 0 Å². The van der Waals surface area contributed by atoms with Gasteiger partial charge in [0.1, 0.15) is 5.75 Å². The van der Waals surface area contributed by atoms with E-state index in [1.54, 1.807) is 34.9 Å². The number of hydrogen-bond acceptors (Lipinski definition) is 7. The first-order chi connectivity index (χ1) is 15.8. The molecule has 0 fully saturated rings. The molecule has 1 atom stereocenters. The minimum Gasteiger partial charge on any atom is -0.483 e. The highest BCUT2D eigenvalue weighted by Crippen LogP contribution is 2.28. The molecule has 33 heavy (non-hydrogen) atoms. The van der Waals surface area contributed by atoms with Crippen molar-refractivity contribution in [2.45, 2.75) is 24.7 Å². The number of rotatable bonds is 10. The van der Waals surface area contributed by atoms with Crippen LogP contribution in [0.4, 0.5) is 11.4 Å². The van der Waals surface area contributed by atoms with E-state index in [9.17, 15) is 14.9 Å². The number of aromatic nitrogens is 3. The van der Waals surface area contributed by atoms with E-state index in [0.29, 0.717) is 28.3 Å². The van der Waals surface area contributed by atoms with Crippen molar-refractivity contribution in [2.24, 2.45) is 0 Å². The van der Waals surface area contributed by atoms with E-state index in [2.05, 4.69) is 22.1 Å². The number of hydrogen-bond donors (Lipinski definition) is 1. The van der Waals surface area contributed by atoms with E-state index in [0.717, 1.165) is 11.8 Å². The van der Waals surface area contributed by atoms with Crippen LogP contribution in [0.25, 0.3) is 0 Å². The molecular weight excluding hydrogens is 489 g/mol. The molecule has 0 bridgehead atoms. The molecule has 0 saturated heterocycles. The predicted molar refractivity (Wildman–Crippen MR) is 128 cm³/mol. The number of carbonyl (C=O) groups excluding carboxylic acids is 1. The normalized spacial score (nSPS) is 11.6. The van der Waals surface area contributed by atoms with E-state index in [1.165, 1.54) is 18.2 Å². The van der Waals surface area contributed by atoms with Crippen molar-refractivity contribution in [2.75, 3.05) is 11.1 Å². The van der Waals surface area contributed by atoms with Gasteiger partial charge in [0, 0.05) is 23.7 Å². The number of anilines is 1. The topological polar surface area (TPSA) is 112 Å². The van der Waals surface area contributed by atoms with Crippen LogP contribution >= 0.6 is 35.0 Å². The highest BCUT2D eigenvalue weighted by molar-refractivity contribution is 7.99. The van der Waals surface area contributed by atoms with Crippen LogP contribution in [0.3, 0.4) is 0 Å². The molecule has 1 heterocycles. The fourth-order valence-corrected chi connectivity index (χ4v) is 3.94. The lowest BCUT2D eigenvalue weighted by molar-refractivity contribution is -0.384. The monoisotopic (exact) mass is 507 g/mol. The number of benzene rings is 2. The number of nitrogens with one attached hydrogen (secondary N) is 1. The number of thioether (sulfide) groups is 1. The van der Waals surface area contributed by atoms with Gasteiger partial charge in [-0.1, -0.05) is 47.1 Å². The maximum absolute atomic E-state index is 12.4. The van der Waals surface area contributed by atoms with Crippen LogP contribution in [0.15, 0.2) is 60.3 Å². The van der Waals surface area contributed by atoms with Crippen LogP contribution in [0.2, 0.25) is 10.0 Å². The molecule has 2 aromatic carbocycles. The summed E-state index contributed by atoms with van der Waals surface area (Å²) in [6, 6.07) is 10.8. The second-order valence-corrected chi connectivity index (χ2v) is 8.50. The summed E-state index contributed by atoms with van der Waals surface area (Å²) in [6.45, 7) is 6.00. The number of nitrogens with zero attached hydrogens (tertiary/aromatic N) is 4. The van der Waals surface area contributed by atoms with Crippen molar-refractivity contribution < 1.29 is 14.5 Å². The quantitative estimate of drug-likeness (QED) is 0.165. The summed E-state index contributed by atoms with van der Waals surface area (Å²) in [6.07, 6.45) is 1.24. The fourth-order valence-electron chi connectivity index (χ4n) is 2.84. The lowest BCUT2D eigenvalue weighted by atomic mass is 10.3. The molecule has 0 radical (unpaired) electrons. The lowest BCUT2D eigenvalue weighted by Gasteiger charge is -2.16. The van der Waals surface area contributed by atoms with Crippen molar-refractivity contribution in [3.05, 3.63) is 81.1 Å². The molecule has 1 N–H and O–H groups in total. The van der Waals surface area contributed by atoms with Gasteiger partial charge in [0.2, 0.25) is 5.91 Å². The Hall–Kier alpha value is -3.08. The minimum absolute atomic E-state index is 0.0160. The van der Waals surface area contributed by atoms with Gasteiger partial charge in [-0.05, 0) is 31.2 Å². The van der Waals surface area contributed by atoms with Crippen molar-refractivity contribution in [1.82, 2.24) is 14.8 Å². The molecule has 9 nitrogen and oxygen atoms in total. The molecule has 0 spiro atoms. The van der Waals surface area contributed by atoms with E-state index in [-0.39, 0.29) is 22.2 Å². The fraction of sp³-hybridized carbons (Fsp3) is 0.190. The summed E-state index contributed by atoms with van der Waals surface area (Å²) in [4.78, 5) is 22.8. The predicted octanol–water partition coefficient (Wildman–Crippen LogP) is 5.55. The first kappa shape index (κ1) is 24.6. The number of allylic oxidation sites excluding steroid dienone is 1. The van der Waals surface area contributed by atoms with Gasteiger partial charge in [0.05, 0.1) is 21.4 Å². The van der Waals surface area contributed by atoms with Gasteiger partial charge in [0.15, 0.2) is 17.1 Å². The summed E-state index contributed by atoms with van der Waals surface area (Å²) in [5.74, 6) is 0.725. The number of nitro groups is 1. The summed E-state index contributed by atoms with van der Waals surface area (Å²) < 4.78 is 7.72. The maximum atomic E-state index is 12.4. The lowest BCUT2D eigenvalue weighted by Crippen LogP contribution is -2.16. The molecule has 3 rings (SSSR count). The van der Waals surface area contributed by atoms with Crippen molar-refractivity contribution in [1.29, 1.82) is 0 Å². The second-order valence-electron chi connectivity index (χ2n) is 6.72. The Balaban J connectivity index is 1.69. The summed E-state index contributed by atoms with van der Waals surface area (Å²) in [5, 5.41) is 23.2. The number of amides is 1. The van der Waals surface area contributed by atoms with Crippen LogP contribution < -0.4 is 10.1 Å². The Morgan fingerprint density at radius 2 is 2.12 bits per heavy atom. The zero-order valence-corrected chi connectivity index (χ0v) is 19.7. The number of halogens is 2. The van der Waals surface area contributed by atoms with Crippen molar-refractivity contribution in [3.8, 4) is 5.75 Å². The molecule has 3 aromatic rings. The Kier molecular flexibility index (Phi) is 8.32. The zero-order valence-electron chi connectivity index (χ0n) is 17.4. The second kappa shape index (κ2) is 11.2. The van der Waals surface area contributed by atoms with E-state index < -0.39 is 16.9 Å². The molecule has 12 heteroatoms. The molecule has 172 valence electrons. The van der Waals surface area contributed by atoms with Crippen LogP contribution in [0, 0.1) is 10.1 Å². The third-order valence-corrected chi connectivity index (χ3v) is 5.83. The van der Waals surface area contributed by atoms with Gasteiger partial charge in [-0.25, -0.2) is 0 Å². The molecule has 1 aromatic heterocycles. The average Bonchev–Trinajstić information content (AvgIpc) is 3.16. The number of nitro benzene ring substituents is 1. The SMILES string of the molecule is C=CCn1c(SCC(=O)Nc2cc([N+](=O)[O-])ccc2Cl)nnc1C(C)Oc1cccc(Cl)c1. The zero-order chi connectivity index (χ0) is 24.0. The van der Waals surface area contributed by atoms with Gasteiger partial charge in [0.25, 0.3) is 5.69 Å². The highest BCUT2D eigenvalue weighted by atomic mass is 35.5. The van der Waals surface area contributed by atoms with Gasteiger partial charge in [-0.3, -0.25) is 19.5 Å². The average molecular weight is 508 g/mol. The van der Waals surface area contributed by atoms with Crippen LogP contribution in [-0.2, 0) is 11.3 Å². The molecule has 1 amide bonds. The standard InChI is InChI=1S/C21H19Cl2N5O4S/c1-3-9-27-20(13(2)32-16-6-4-5-14(22)10-16)25-26-21(27)33-12-19(29)24-18-11-15(28(30)31)7-8-17(18)23/h3-8,10-11,13H,1,9,12H2,2H3,(H,24,29). The van der Waals surface area contributed by atoms with Gasteiger partial charge < -0.3 is 10.1 Å². The van der Waals surface area contributed by atoms with Gasteiger partial charge in [-0.15, -0.1) is 16.8 Å². The van der Waals surface area contributed by atoms with E-state index in [1.807, 2.05) is 6.92 Å². The summed E-state index contributed by atoms with van der Waals surface area (Å²) in [5.41, 5.74) is -0.0142. The van der Waals surface area contributed by atoms with Crippen molar-refractivity contribution in [3.63, 3.8) is 0 Å². The molecular formula is C21H19Cl2N5O4S. The molecule has 0 saturated carbocycles. The van der Waals surface area contributed by atoms with E-state index >= 15 is 0 Å². The first-order valence-corrected chi connectivity index (χ1v) is 11.4. The number of ether oxygens (including phenoxy) is 1. The largest absolute Gasteiger partial charge is 0.483 e. The number of non-ortho nitro benzene ring substituents is 1. The highest BCUT2D eigenvalue weighted by Gasteiger charge is 2.20. The Morgan fingerprint density at radius 1 is 1.33 bits per heavy atom. The van der Waals surface area contributed by atoms with Crippen molar-refractivity contribution >= 4 is 52.2 Å². The third-order valence-electron chi connectivity index (χ3n) is 4.30. The summed E-state index contributed by atoms with van der Waals surface area (Å²) in [7, 11) is 0. The molecule has 1 unspecified atom stereocenters. The first-order valence-electron chi connectivity index (χ1n) is 9.61. The van der Waals surface area contributed by atoms with Crippen LogP contribution in [-0.4, -0.2) is 31.3 Å². The Bertz CT molecular complexity index is 1190. The number of carbonyl (C=O) groups is 1. The van der Waals surface area contributed by atoms with Gasteiger partial charge >= 0.3 is 0 Å². The Morgan fingerprint density at radius 3 is 2.82 bits per heavy atom.